The fourth-order valence-corrected chi connectivity index (χ4v) is 1.19. The van der Waals surface area contributed by atoms with Gasteiger partial charge in [0, 0.05) is 10.0 Å². The lowest BCUT2D eigenvalue weighted by atomic mass is 10.2. The second-order valence-corrected chi connectivity index (χ2v) is 3.21. The summed E-state index contributed by atoms with van der Waals surface area (Å²) < 4.78 is 6.12. The zero-order valence-corrected chi connectivity index (χ0v) is 7.74. The van der Waals surface area contributed by atoms with Crippen LogP contribution >= 0.6 is 15.9 Å². The van der Waals surface area contributed by atoms with E-state index in [1.54, 1.807) is 0 Å². The van der Waals surface area contributed by atoms with Crippen LogP contribution in [0.3, 0.4) is 0 Å². The van der Waals surface area contributed by atoms with Gasteiger partial charge < -0.3 is 9.57 Å². The van der Waals surface area contributed by atoms with Gasteiger partial charge >= 0.3 is 0 Å². The average molecular weight is 228 g/mol. The van der Waals surface area contributed by atoms with Crippen LogP contribution in [0.2, 0.25) is 0 Å². The highest BCUT2D eigenvalue weighted by Gasteiger charge is 2.10. The summed E-state index contributed by atoms with van der Waals surface area (Å²) in [6.45, 7) is 0.214. The molecule has 0 atom stereocenters. The molecule has 0 fully saturated rings. The van der Waals surface area contributed by atoms with Crippen LogP contribution in [-0.2, 0) is 9.57 Å². The van der Waals surface area contributed by atoms with E-state index in [1.807, 2.05) is 24.3 Å². The Morgan fingerprint density at radius 2 is 2.00 bits per heavy atom. The molecule has 0 radical (unpaired) electrons. The normalized spacial score (nSPS) is 14.9. The molecule has 0 bridgehead atoms. The largest absolute Gasteiger partial charge is 0.435 e. The number of rotatable bonds is 1. The molecule has 1 heterocycles. The third-order valence-electron chi connectivity index (χ3n) is 1.49. The van der Waals surface area contributed by atoms with Crippen molar-refractivity contribution < 1.29 is 9.57 Å². The van der Waals surface area contributed by atoms with Crippen LogP contribution < -0.4 is 0 Å². The minimum atomic E-state index is 0.214. The van der Waals surface area contributed by atoms with Crippen LogP contribution in [0.1, 0.15) is 5.56 Å². The Morgan fingerprint density at radius 3 is 2.58 bits per heavy atom. The third kappa shape index (κ3) is 1.43. The van der Waals surface area contributed by atoms with Gasteiger partial charge in [-0.3, -0.25) is 0 Å². The Morgan fingerprint density at radius 1 is 1.25 bits per heavy atom. The first-order valence-electron chi connectivity index (χ1n) is 3.45. The van der Waals surface area contributed by atoms with Crippen molar-refractivity contribution >= 4 is 21.8 Å². The number of ether oxygens (including phenoxy) is 1. The Kier molecular flexibility index (Phi) is 1.99. The topological polar surface area (TPSA) is 30.8 Å². The standard InChI is InChI=1S/C8H6BrNO2/c9-7-3-1-6(2-4-7)8-10-12-5-11-8/h1-4H,5H2. The molecule has 2 rings (SSSR count). The van der Waals surface area contributed by atoms with Gasteiger partial charge in [0.15, 0.2) is 0 Å². The number of hydrogen-bond acceptors (Lipinski definition) is 3. The molecule has 1 aromatic carbocycles. The van der Waals surface area contributed by atoms with Gasteiger partial charge in [0.25, 0.3) is 12.7 Å². The van der Waals surface area contributed by atoms with Gasteiger partial charge in [-0.2, -0.15) is 0 Å². The predicted molar refractivity (Wildman–Crippen MR) is 47.7 cm³/mol. The molecule has 0 aromatic heterocycles. The summed E-state index contributed by atoms with van der Waals surface area (Å²) in [6, 6.07) is 7.69. The fourth-order valence-electron chi connectivity index (χ4n) is 0.922. The minimum absolute atomic E-state index is 0.214. The number of hydrogen-bond donors (Lipinski definition) is 0. The van der Waals surface area contributed by atoms with Crippen molar-refractivity contribution in [2.45, 2.75) is 0 Å². The van der Waals surface area contributed by atoms with Crippen molar-refractivity contribution in [2.75, 3.05) is 6.79 Å². The van der Waals surface area contributed by atoms with Crippen LogP contribution in [0.4, 0.5) is 0 Å². The van der Waals surface area contributed by atoms with Gasteiger partial charge in [-0.05, 0) is 29.4 Å². The first-order valence-corrected chi connectivity index (χ1v) is 4.24. The molecule has 12 heavy (non-hydrogen) atoms. The third-order valence-corrected chi connectivity index (χ3v) is 2.02. The molecular weight excluding hydrogens is 222 g/mol. The van der Waals surface area contributed by atoms with E-state index in [4.69, 9.17) is 9.57 Å². The highest BCUT2D eigenvalue weighted by atomic mass is 79.9. The van der Waals surface area contributed by atoms with Gasteiger partial charge in [0.1, 0.15) is 0 Å². The first-order chi connectivity index (χ1) is 5.86. The molecule has 0 amide bonds. The highest BCUT2D eigenvalue weighted by molar-refractivity contribution is 9.10. The van der Waals surface area contributed by atoms with Gasteiger partial charge in [0.05, 0.1) is 0 Å². The number of benzene rings is 1. The predicted octanol–water partition coefficient (Wildman–Crippen LogP) is 2.11. The maximum Gasteiger partial charge on any atom is 0.260 e. The van der Waals surface area contributed by atoms with Crippen LogP contribution in [0.25, 0.3) is 0 Å². The van der Waals surface area contributed by atoms with Crippen molar-refractivity contribution in [3.63, 3.8) is 0 Å². The fraction of sp³-hybridized carbons (Fsp3) is 0.125. The summed E-state index contributed by atoms with van der Waals surface area (Å²) in [5, 5.41) is 3.71. The lowest BCUT2D eigenvalue weighted by molar-refractivity contribution is 0.0583. The number of nitrogens with zero attached hydrogens (tertiary/aromatic N) is 1. The molecule has 0 unspecified atom stereocenters. The SMILES string of the molecule is Brc1ccc(C2=NOCO2)cc1. The van der Waals surface area contributed by atoms with E-state index < -0.39 is 0 Å². The molecule has 0 spiro atoms. The molecule has 3 nitrogen and oxygen atoms in total. The van der Waals surface area contributed by atoms with Crippen molar-refractivity contribution in [3.8, 4) is 0 Å². The molecule has 4 heteroatoms. The van der Waals surface area contributed by atoms with Gasteiger partial charge in [-0.1, -0.05) is 15.9 Å². The summed E-state index contributed by atoms with van der Waals surface area (Å²) in [4.78, 5) is 4.70. The lowest BCUT2D eigenvalue weighted by Gasteiger charge is -1.97. The Balaban J connectivity index is 2.28. The zero-order valence-electron chi connectivity index (χ0n) is 6.16. The van der Waals surface area contributed by atoms with E-state index in [0.29, 0.717) is 5.90 Å². The van der Waals surface area contributed by atoms with Crippen LogP contribution in [0.15, 0.2) is 33.9 Å². The second-order valence-electron chi connectivity index (χ2n) is 2.29. The van der Waals surface area contributed by atoms with Crippen molar-refractivity contribution in [3.05, 3.63) is 34.3 Å². The molecule has 1 aliphatic rings. The first kappa shape index (κ1) is 7.61. The molecule has 0 saturated heterocycles. The number of halogens is 1. The van der Waals surface area contributed by atoms with Gasteiger partial charge in [0.2, 0.25) is 0 Å². The number of oxime groups is 1. The maximum atomic E-state index is 5.09. The molecular formula is C8H6BrNO2. The highest BCUT2D eigenvalue weighted by Crippen LogP contribution is 2.13. The smallest absolute Gasteiger partial charge is 0.260 e. The maximum absolute atomic E-state index is 5.09. The Hall–Kier alpha value is -1.03. The Bertz CT molecular complexity index is 307. The van der Waals surface area contributed by atoms with E-state index in [9.17, 15) is 0 Å². The van der Waals surface area contributed by atoms with E-state index in [-0.39, 0.29) is 6.79 Å². The van der Waals surface area contributed by atoms with Gasteiger partial charge in [-0.25, -0.2) is 0 Å². The molecule has 0 N–H and O–H groups in total. The summed E-state index contributed by atoms with van der Waals surface area (Å²) in [6.07, 6.45) is 0. The van der Waals surface area contributed by atoms with E-state index in [2.05, 4.69) is 21.1 Å². The second kappa shape index (κ2) is 3.15. The molecule has 0 saturated carbocycles. The van der Waals surface area contributed by atoms with Crippen LogP contribution in [0, 0.1) is 0 Å². The van der Waals surface area contributed by atoms with Crippen LogP contribution in [0.5, 0.6) is 0 Å². The Labute approximate surface area is 78.1 Å². The van der Waals surface area contributed by atoms with E-state index in [0.717, 1.165) is 10.0 Å². The molecule has 62 valence electrons. The average Bonchev–Trinajstić information content (AvgIpc) is 2.58. The summed E-state index contributed by atoms with van der Waals surface area (Å²) in [7, 11) is 0. The quantitative estimate of drug-likeness (QED) is 0.736. The van der Waals surface area contributed by atoms with Crippen molar-refractivity contribution in [1.29, 1.82) is 0 Å². The lowest BCUT2D eigenvalue weighted by Crippen LogP contribution is -1.99. The van der Waals surface area contributed by atoms with Crippen LogP contribution in [-0.4, -0.2) is 12.7 Å². The van der Waals surface area contributed by atoms with Crippen molar-refractivity contribution in [1.82, 2.24) is 0 Å². The molecule has 0 aliphatic carbocycles. The van der Waals surface area contributed by atoms with E-state index in [1.165, 1.54) is 0 Å². The van der Waals surface area contributed by atoms with Gasteiger partial charge in [-0.15, -0.1) is 0 Å². The summed E-state index contributed by atoms with van der Waals surface area (Å²) in [5.74, 6) is 0.544. The zero-order chi connectivity index (χ0) is 8.39. The molecule has 1 aliphatic heterocycles. The van der Waals surface area contributed by atoms with Crippen molar-refractivity contribution in [2.24, 2.45) is 5.16 Å². The summed E-state index contributed by atoms with van der Waals surface area (Å²) in [5.41, 5.74) is 0.927. The molecule has 1 aromatic rings. The summed E-state index contributed by atoms with van der Waals surface area (Å²) >= 11 is 3.34. The minimum Gasteiger partial charge on any atom is -0.435 e. The van der Waals surface area contributed by atoms with E-state index >= 15 is 0 Å². The monoisotopic (exact) mass is 227 g/mol.